The zero-order chi connectivity index (χ0) is 8.55. The van der Waals surface area contributed by atoms with E-state index in [9.17, 15) is 0 Å². The predicted octanol–water partition coefficient (Wildman–Crippen LogP) is 1.91. The van der Waals surface area contributed by atoms with Gasteiger partial charge < -0.3 is 4.74 Å². The minimum atomic E-state index is 0.775. The van der Waals surface area contributed by atoms with Gasteiger partial charge in [0.15, 0.2) is 6.33 Å². The Balaban J connectivity index is 2.73. The van der Waals surface area contributed by atoms with Crippen LogP contribution in [0.1, 0.15) is 0 Å². The molecule has 0 aliphatic heterocycles. The lowest BCUT2D eigenvalue weighted by Crippen LogP contribution is -1.88. The number of imidazole rings is 1. The molecule has 61 valence electrons. The molecule has 2 aromatic rings. The van der Waals surface area contributed by atoms with Crippen molar-refractivity contribution in [1.82, 2.24) is 9.38 Å². The first-order valence-corrected chi connectivity index (χ1v) is 4.19. The maximum Gasteiger partial charge on any atom is 0.181 e. The number of hydrogen-bond donors (Lipinski definition) is 0. The Bertz CT molecular complexity index is 410. The third kappa shape index (κ3) is 1.08. The summed E-state index contributed by atoms with van der Waals surface area (Å²) < 4.78 is 7.81. The van der Waals surface area contributed by atoms with E-state index in [0.717, 1.165) is 15.7 Å². The molecule has 2 rings (SSSR count). The quantitative estimate of drug-likeness (QED) is 0.742. The molecule has 0 aliphatic carbocycles. The van der Waals surface area contributed by atoms with E-state index < -0.39 is 0 Å². The van der Waals surface area contributed by atoms with Crippen molar-refractivity contribution in [3.63, 3.8) is 0 Å². The van der Waals surface area contributed by atoms with Crippen LogP contribution < -0.4 is 4.74 Å². The fraction of sp³-hybridized carbons (Fsp3) is 0.125. The van der Waals surface area contributed by atoms with Gasteiger partial charge in [-0.3, -0.25) is 4.40 Å². The molecule has 0 N–H and O–H groups in total. The predicted molar refractivity (Wildman–Crippen MR) is 48.3 cm³/mol. The summed E-state index contributed by atoms with van der Waals surface area (Å²) in [7, 11) is 1.63. The maximum atomic E-state index is 5.11. The normalized spacial score (nSPS) is 10.5. The standard InChI is InChI=1S/C8H6BrN2O/c1-12-8-4-11-5-10-3-6(11)2-7(8)9/h2-4H,1H3. The van der Waals surface area contributed by atoms with E-state index in [4.69, 9.17) is 4.74 Å². The van der Waals surface area contributed by atoms with Crippen LogP contribution in [0.5, 0.6) is 5.75 Å². The number of nitrogens with zero attached hydrogens (tertiary/aromatic N) is 2. The summed E-state index contributed by atoms with van der Waals surface area (Å²) in [5.74, 6) is 0.775. The van der Waals surface area contributed by atoms with Crippen LogP contribution in [0.3, 0.4) is 0 Å². The van der Waals surface area contributed by atoms with E-state index in [-0.39, 0.29) is 0 Å². The van der Waals surface area contributed by atoms with Crippen molar-refractivity contribution in [3.05, 3.63) is 29.3 Å². The van der Waals surface area contributed by atoms with Gasteiger partial charge in [-0.05, 0) is 22.0 Å². The van der Waals surface area contributed by atoms with Crippen LogP contribution >= 0.6 is 15.9 Å². The fourth-order valence-corrected chi connectivity index (χ4v) is 1.52. The summed E-state index contributed by atoms with van der Waals surface area (Å²) in [6, 6.07) is 1.93. The number of aromatic nitrogens is 2. The van der Waals surface area contributed by atoms with Gasteiger partial charge in [0, 0.05) is 0 Å². The first kappa shape index (κ1) is 7.61. The molecule has 0 saturated heterocycles. The van der Waals surface area contributed by atoms with Crippen molar-refractivity contribution in [1.29, 1.82) is 0 Å². The fourth-order valence-electron chi connectivity index (χ4n) is 1.02. The van der Waals surface area contributed by atoms with Crippen molar-refractivity contribution >= 4 is 21.4 Å². The van der Waals surface area contributed by atoms with Gasteiger partial charge in [0.05, 0.1) is 29.5 Å². The number of pyridine rings is 1. The number of hydrogen-bond acceptors (Lipinski definition) is 2. The smallest absolute Gasteiger partial charge is 0.181 e. The number of fused-ring (bicyclic) bond motifs is 1. The molecule has 0 saturated carbocycles. The number of ether oxygens (including phenoxy) is 1. The minimum absolute atomic E-state index is 0.775. The molecule has 2 aromatic heterocycles. The molecule has 0 fully saturated rings. The summed E-state index contributed by atoms with van der Waals surface area (Å²) in [5, 5.41) is 0. The van der Waals surface area contributed by atoms with Gasteiger partial charge in [0.25, 0.3) is 0 Å². The number of rotatable bonds is 1. The molecule has 3 nitrogen and oxygen atoms in total. The van der Waals surface area contributed by atoms with Crippen LogP contribution in [0.2, 0.25) is 0 Å². The largest absolute Gasteiger partial charge is 0.494 e. The molecule has 0 bridgehead atoms. The summed E-state index contributed by atoms with van der Waals surface area (Å²) in [4.78, 5) is 3.88. The molecule has 1 radical (unpaired) electrons. The maximum absolute atomic E-state index is 5.11. The highest BCUT2D eigenvalue weighted by Gasteiger charge is 2.01. The van der Waals surface area contributed by atoms with Gasteiger partial charge in [-0.1, -0.05) is 0 Å². The Morgan fingerprint density at radius 3 is 3.25 bits per heavy atom. The van der Waals surface area contributed by atoms with Gasteiger partial charge in [0.2, 0.25) is 0 Å². The lowest BCUT2D eigenvalue weighted by atomic mass is 10.4. The molecule has 0 atom stereocenters. The molecule has 0 aliphatic rings. The Kier molecular flexibility index (Phi) is 1.77. The van der Waals surface area contributed by atoms with Gasteiger partial charge in [-0.15, -0.1) is 0 Å². The third-order valence-corrected chi connectivity index (χ3v) is 2.24. The molecule has 0 unspecified atom stereocenters. The van der Waals surface area contributed by atoms with Crippen molar-refractivity contribution in [3.8, 4) is 5.75 Å². The topological polar surface area (TPSA) is 26.5 Å². The SMILES string of the molecule is COc1cn2[c]ncc2cc1Br. The summed E-state index contributed by atoms with van der Waals surface area (Å²) in [6.45, 7) is 0. The van der Waals surface area contributed by atoms with E-state index in [2.05, 4.69) is 27.2 Å². The van der Waals surface area contributed by atoms with Crippen LogP contribution in [0, 0.1) is 6.33 Å². The van der Waals surface area contributed by atoms with Crippen molar-refractivity contribution in [2.75, 3.05) is 7.11 Å². The average Bonchev–Trinajstić information content (AvgIpc) is 2.49. The summed E-state index contributed by atoms with van der Waals surface area (Å²) in [6.07, 6.45) is 6.35. The second kappa shape index (κ2) is 2.79. The second-order valence-corrected chi connectivity index (χ2v) is 3.20. The van der Waals surface area contributed by atoms with Gasteiger partial charge in [-0.25, -0.2) is 4.98 Å². The van der Waals surface area contributed by atoms with Crippen LogP contribution in [-0.4, -0.2) is 16.5 Å². The highest BCUT2D eigenvalue weighted by Crippen LogP contribution is 2.25. The van der Waals surface area contributed by atoms with Crippen LogP contribution in [0.25, 0.3) is 5.52 Å². The Hall–Kier alpha value is -1.03. The monoisotopic (exact) mass is 225 g/mol. The molecule has 0 amide bonds. The summed E-state index contributed by atoms with van der Waals surface area (Å²) >= 11 is 3.38. The minimum Gasteiger partial charge on any atom is -0.494 e. The van der Waals surface area contributed by atoms with Crippen LogP contribution in [0.4, 0.5) is 0 Å². The third-order valence-electron chi connectivity index (χ3n) is 1.62. The molecule has 0 aromatic carbocycles. The highest BCUT2D eigenvalue weighted by molar-refractivity contribution is 9.10. The van der Waals surface area contributed by atoms with E-state index in [0.29, 0.717) is 0 Å². The molecule has 12 heavy (non-hydrogen) atoms. The molecule has 2 heterocycles. The zero-order valence-corrected chi connectivity index (χ0v) is 8.00. The summed E-state index contributed by atoms with van der Waals surface area (Å²) in [5.41, 5.74) is 0.989. The van der Waals surface area contributed by atoms with E-state index in [1.54, 1.807) is 17.7 Å². The Labute approximate surface area is 78.1 Å². The Morgan fingerprint density at radius 2 is 2.50 bits per heavy atom. The first-order valence-electron chi connectivity index (χ1n) is 3.39. The molecule has 0 spiro atoms. The van der Waals surface area contributed by atoms with Crippen molar-refractivity contribution < 1.29 is 4.74 Å². The lowest BCUT2D eigenvalue weighted by Gasteiger charge is -2.02. The first-order chi connectivity index (χ1) is 5.81. The van der Waals surface area contributed by atoms with Gasteiger partial charge in [-0.2, -0.15) is 0 Å². The van der Waals surface area contributed by atoms with E-state index in [1.807, 2.05) is 12.3 Å². The zero-order valence-electron chi connectivity index (χ0n) is 6.41. The van der Waals surface area contributed by atoms with Crippen LogP contribution in [-0.2, 0) is 0 Å². The molecule has 4 heteroatoms. The van der Waals surface area contributed by atoms with Gasteiger partial charge in [0.1, 0.15) is 5.75 Å². The lowest BCUT2D eigenvalue weighted by molar-refractivity contribution is 0.409. The molecular formula is C8H6BrN2O. The Morgan fingerprint density at radius 1 is 1.67 bits per heavy atom. The number of halogens is 1. The van der Waals surface area contributed by atoms with E-state index >= 15 is 0 Å². The van der Waals surface area contributed by atoms with Gasteiger partial charge >= 0.3 is 0 Å². The second-order valence-electron chi connectivity index (χ2n) is 2.34. The average molecular weight is 226 g/mol. The number of methoxy groups -OCH3 is 1. The molecular weight excluding hydrogens is 220 g/mol. The van der Waals surface area contributed by atoms with Crippen molar-refractivity contribution in [2.45, 2.75) is 0 Å². The van der Waals surface area contributed by atoms with Crippen molar-refractivity contribution in [2.24, 2.45) is 0 Å². The van der Waals surface area contributed by atoms with E-state index in [1.165, 1.54) is 0 Å². The highest BCUT2D eigenvalue weighted by atomic mass is 79.9. The van der Waals surface area contributed by atoms with Crippen LogP contribution in [0.15, 0.2) is 22.9 Å².